The minimum atomic E-state index is 0.418. The van der Waals surface area contributed by atoms with E-state index in [9.17, 15) is 0 Å². The molecule has 0 aliphatic heterocycles. The fraction of sp³-hybridized carbons (Fsp3) is 0.474. The van der Waals surface area contributed by atoms with Crippen LogP contribution in [-0.4, -0.2) is 0 Å². The SMILES string of the molecule is CC1CCCC(C)(C)C1c1cccc2ccccc12. The molecule has 3 rings (SSSR count). The molecule has 0 heterocycles. The van der Waals surface area contributed by atoms with Crippen molar-refractivity contribution in [1.82, 2.24) is 0 Å². The van der Waals surface area contributed by atoms with E-state index in [0.717, 1.165) is 5.92 Å². The minimum Gasteiger partial charge on any atom is -0.0619 e. The zero-order chi connectivity index (χ0) is 13.5. The summed E-state index contributed by atoms with van der Waals surface area (Å²) in [4.78, 5) is 0. The van der Waals surface area contributed by atoms with Crippen LogP contribution in [0.25, 0.3) is 10.8 Å². The maximum Gasteiger partial charge on any atom is -0.00788 e. The number of hydrogen-bond donors (Lipinski definition) is 0. The van der Waals surface area contributed by atoms with Gasteiger partial charge in [0.1, 0.15) is 0 Å². The smallest absolute Gasteiger partial charge is 0.00788 e. The van der Waals surface area contributed by atoms with Crippen molar-refractivity contribution in [1.29, 1.82) is 0 Å². The Morgan fingerprint density at radius 2 is 1.74 bits per heavy atom. The van der Waals surface area contributed by atoms with Gasteiger partial charge in [-0.15, -0.1) is 0 Å². The van der Waals surface area contributed by atoms with Crippen molar-refractivity contribution < 1.29 is 0 Å². The Kier molecular flexibility index (Phi) is 3.12. The van der Waals surface area contributed by atoms with E-state index in [1.807, 2.05) is 0 Å². The molecular weight excluding hydrogens is 228 g/mol. The van der Waals surface area contributed by atoms with Crippen LogP contribution in [0.1, 0.15) is 51.5 Å². The van der Waals surface area contributed by atoms with E-state index in [0.29, 0.717) is 11.3 Å². The molecular formula is C19H24. The van der Waals surface area contributed by atoms with E-state index in [4.69, 9.17) is 0 Å². The van der Waals surface area contributed by atoms with Crippen LogP contribution >= 0.6 is 0 Å². The normalized spacial score (nSPS) is 26.5. The molecule has 2 aromatic rings. The van der Waals surface area contributed by atoms with Crippen LogP contribution < -0.4 is 0 Å². The zero-order valence-corrected chi connectivity index (χ0v) is 12.3. The highest BCUT2D eigenvalue weighted by Crippen LogP contribution is 2.51. The second kappa shape index (κ2) is 4.67. The lowest BCUT2D eigenvalue weighted by molar-refractivity contribution is 0.147. The third-order valence-corrected chi connectivity index (χ3v) is 5.05. The number of fused-ring (bicyclic) bond motifs is 1. The average molecular weight is 252 g/mol. The van der Waals surface area contributed by atoms with Gasteiger partial charge in [0.05, 0.1) is 0 Å². The topological polar surface area (TPSA) is 0 Å². The number of benzene rings is 2. The lowest BCUT2D eigenvalue weighted by Gasteiger charge is -2.43. The van der Waals surface area contributed by atoms with Gasteiger partial charge in [-0.1, -0.05) is 76.1 Å². The fourth-order valence-corrected chi connectivity index (χ4v) is 4.22. The van der Waals surface area contributed by atoms with Gasteiger partial charge < -0.3 is 0 Å². The van der Waals surface area contributed by atoms with E-state index >= 15 is 0 Å². The van der Waals surface area contributed by atoms with Crippen LogP contribution in [0.4, 0.5) is 0 Å². The first kappa shape index (κ1) is 12.7. The van der Waals surface area contributed by atoms with Crippen molar-refractivity contribution in [3.8, 4) is 0 Å². The predicted molar refractivity (Wildman–Crippen MR) is 83.5 cm³/mol. The van der Waals surface area contributed by atoms with Gasteiger partial charge in [-0.25, -0.2) is 0 Å². The highest BCUT2D eigenvalue weighted by molar-refractivity contribution is 5.86. The summed E-state index contributed by atoms with van der Waals surface area (Å²) in [6, 6.07) is 15.7. The average Bonchev–Trinajstić information content (AvgIpc) is 2.38. The second-order valence-electron chi connectivity index (χ2n) is 6.90. The van der Waals surface area contributed by atoms with Crippen LogP contribution in [0.15, 0.2) is 42.5 Å². The highest BCUT2D eigenvalue weighted by Gasteiger charge is 2.38. The van der Waals surface area contributed by atoms with Gasteiger partial charge in [0.2, 0.25) is 0 Å². The molecule has 2 aromatic carbocycles. The van der Waals surface area contributed by atoms with Gasteiger partial charge in [-0.05, 0) is 40.0 Å². The molecule has 19 heavy (non-hydrogen) atoms. The van der Waals surface area contributed by atoms with Crippen molar-refractivity contribution in [3.05, 3.63) is 48.0 Å². The summed E-state index contributed by atoms with van der Waals surface area (Å²) >= 11 is 0. The Bertz CT molecular complexity index is 574. The van der Waals surface area contributed by atoms with Gasteiger partial charge in [-0.2, -0.15) is 0 Å². The third kappa shape index (κ3) is 2.18. The molecule has 0 saturated heterocycles. The second-order valence-corrected chi connectivity index (χ2v) is 6.90. The Morgan fingerprint density at radius 3 is 2.53 bits per heavy atom. The molecule has 0 bridgehead atoms. The Hall–Kier alpha value is -1.30. The molecule has 0 N–H and O–H groups in total. The van der Waals surface area contributed by atoms with Crippen LogP contribution in [0.2, 0.25) is 0 Å². The van der Waals surface area contributed by atoms with Crippen molar-refractivity contribution in [2.24, 2.45) is 11.3 Å². The van der Waals surface area contributed by atoms with E-state index in [1.165, 1.54) is 30.0 Å². The minimum absolute atomic E-state index is 0.418. The molecule has 1 aliphatic rings. The van der Waals surface area contributed by atoms with E-state index < -0.39 is 0 Å². The Labute approximate surface area is 116 Å². The van der Waals surface area contributed by atoms with Crippen LogP contribution in [-0.2, 0) is 0 Å². The van der Waals surface area contributed by atoms with Crippen LogP contribution in [0.3, 0.4) is 0 Å². The molecule has 0 radical (unpaired) electrons. The van der Waals surface area contributed by atoms with Crippen molar-refractivity contribution in [3.63, 3.8) is 0 Å². The Morgan fingerprint density at radius 1 is 1.00 bits per heavy atom. The van der Waals surface area contributed by atoms with Crippen molar-refractivity contribution in [2.75, 3.05) is 0 Å². The zero-order valence-electron chi connectivity index (χ0n) is 12.3. The molecule has 1 saturated carbocycles. The first-order valence-electron chi connectivity index (χ1n) is 7.57. The summed E-state index contributed by atoms with van der Waals surface area (Å²) in [6.07, 6.45) is 4.11. The predicted octanol–water partition coefficient (Wildman–Crippen LogP) is 5.77. The lowest BCUT2D eigenvalue weighted by atomic mass is 9.61. The molecule has 0 spiro atoms. The standard InChI is InChI=1S/C19H24/c1-14-8-7-13-19(2,3)18(14)17-12-6-10-15-9-4-5-11-16(15)17/h4-6,9-12,14,18H,7-8,13H2,1-3H3. The van der Waals surface area contributed by atoms with Gasteiger partial charge in [0, 0.05) is 0 Å². The van der Waals surface area contributed by atoms with Gasteiger partial charge in [-0.3, -0.25) is 0 Å². The fourth-order valence-electron chi connectivity index (χ4n) is 4.22. The summed E-state index contributed by atoms with van der Waals surface area (Å²) in [6.45, 7) is 7.34. The monoisotopic (exact) mass is 252 g/mol. The summed E-state index contributed by atoms with van der Waals surface area (Å²) in [5.74, 6) is 1.47. The van der Waals surface area contributed by atoms with Gasteiger partial charge >= 0.3 is 0 Å². The third-order valence-electron chi connectivity index (χ3n) is 5.05. The van der Waals surface area contributed by atoms with Crippen molar-refractivity contribution >= 4 is 10.8 Å². The quantitative estimate of drug-likeness (QED) is 0.604. The molecule has 2 atom stereocenters. The van der Waals surface area contributed by atoms with Gasteiger partial charge in [0.25, 0.3) is 0 Å². The van der Waals surface area contributed by atoms with Gasteiger partial charge in [0.15, 0.2) is 0 Å². The number of rotatable bonds is 1. The molecule has 0 heteroatoms. The summed E-state index contributed by atoms with van der Waals surface area (Å²) in [5.41, 5.74) is 1.98. The van der Waals surface area contributed by atoms with Crippen LogP contribution in [0, 0.1) is 11.3 Å². The molecule has 2 unspecified atom stereocenters. The molecule has 0 nitrogen and oxygen atoms in total. The van der Waals surface area contributed by atoms with Crippen molar-refractivity contribution in [2.45, 2.75) is 46.0 Å². The van der Waals surface area contributed by atoms with E-state index in [2.05, 4.69) is 63.2 Å². The lowest BCUT2D eigenvalue weighted by Crippen LogP contribution is -2.31. The molecule has 1 fully saturated rings. The van der Waals surface area contributed by atoms with Crippen LogP contribution in [0.5, 0.6) is 0 Å². The first-order valence-corrected chi connectivity index (χ1v) is 7.57. The summed E-state index contributed by atoms with van der Waals surface area (Å²) < 4.78 is 0. The maximum atomic E-state index is 2.45. The number of hydrogen-bond acceptors (Lipinski definition) is 0. The molecule has 0 aromatic heterocycles. The molecule has 1 aliphatic carbocycles. The largest absolute Gasteiger partial charge is 0.0619 e. The summed E-state index contributed by atoms with van der Waals surface area (Å²) in [7, 11) is 0. The summed E-state index contributed by atoms with van der Waals surface area (Å²) in [5, 5.41) is 2.84. The molecule has 0 amide bonds. The maximum absolute atomic E-state index is 2.45. The van der Waals surface area contributed by atoms with E-state index in [1.54, 1.807) is 5.56 Å². The first-order chi connectivity index (χ1) is 9.09. The highest BCUT2D eigenvalue weighted by atomic mass is 14.4. The Balaban J connectivity index is 2.17. The van der Waals surface area contributed by atoms with E-state index in [-0.39, 0.29) is 0 Å². The molecule has 100 valence electrons.